The van der Waals surface area contributed by atoms with Gasteiger partial charge in [0.05, 0.1) is 11.6 Å². The van der Waals surface area contributed by atoms with Crippen molar-refractivity contribution in [3.05, 3.63) is 29.3 Å². The van der Waals surface area contributed by atoms with Gasteiger partial charge in [-0.15, -0.1) is 0 Å². The van der Waals surface area contributed by atoms with Gasteiger partial charge >= 0.3 is 6.03 Å². The number of hydrogen-bond donors (Lipinski definition) is 1. The molecule has 1 unspecified atom stereocenters. The molecule has 7 nitrogen and oxygen atoms in total. The van der Waals surface area contributed by atoms with Gasteiger partial charge in [-0.2, -0.15) is 5.26 Å². The Morgan fingerprint density at radius 1 is 1.24 bits per heavy atom. The molecule has 0 spiro atoms. The normalized spacial score (nSPS) is 20.2. The fourth-order valence-corrected chi connectivity index (χ4v) is 3.13. The van der Waals surface area contributed by atoms with Crippen LogP contribution in [0.3, 0.4) is 0 Å². The van der Waals surface area contributed by atoms with Gasteiger partial charge in [0.15, 0.2) is 0 Å². The Hall–Kier alpha value is -2.59. The predicted octanol–water partition coefficient (Wildman–Crippen LogP) is 1.72. The van der Waals surface area contributed by atoms with Crippen LogP contribution < -0.4 is 5.32 Å². The Kier molecular flexibility index (Phi) is 5.19. The van der Waals surface area contributed by atoms with E-state index < -0.39 is 0 Å². The molecule has 0 aromatic heterocycles. The number of benzene rings is 1. The Balaban J connectivity index is 1.55. The van der Waals surface area contributed by atoms with Crippen molar-refractivity contribution in [2.75, 3.05) is 38.1 Å². The molecule has 0 saturated carbocycles. The largest absolute Gasteiger partial charge is 0.368 e. The lowest BCUT2D eigenvalue weighted by Gasteiger charge is -2.35. The second-order valence-electron chi connectivity index (χ2n) is 6.39. The van der Waals surface area contributed by atoms with E-state index in [-0.39, 0.29) is 18.0 Å². The minimum absolute atomic E-state index is 0.0372. The Morgan fingerprint density at radius 2 is 1.96 bits per heavy atom. The van der Waals surface area contributed by atoms with E-state index in [9.17, 15) is 9.59 Å². The summed E-state index contributed by atoms with van der Waals surface area (Å²) in [7, 11) is 0. The van der Waals surface area contributed by atoms with Gasteiger partial charge < -0.3 is 19.9 Å². The van der Waals surface area contributed by atoms with Gasteiger partial charge in [-0.05, 0) is 37.5 Å². The fourth-order valence-electron chi connectivity index (χ4n) is 3.13. The number of nitriles is 1. The first kappa shape index (κ1) is 17.2. The second kappa shape index (κ2) is 7.53. The molecule has 2 aliphatic rings. The van der Waals surface area contributed by atoms with Crippen molar-refractivity contribution in [2.24, 2.45) is 0 Å². The van der Waals surface area contributed by atoms with Crippen LogP contribution in [0.4, 0.5) is 10.5 Å². The van der Waals surface area contributed by atoms with E-state index in [4.69, 9.17) is 10.00 Å². The van der Waals surface area contributed by atoms with Gasteiger partial charge in [0.1, 0.15) is 6.10 Å². The molecule has 0 radical (unpaired) electrons. The maximum Gasteiger partial charge on any atom is 0.321 e. The van der Waals surface area contributed by atoms with E-state index in [1.54, 1.807) is 21.9 Å². The highest BCUT2D eigenvalue weighted by Crippen LogP contribution is 2.19. The number of nitrogens with zero attached hydrogens (tertiary/aromatic N) is 3. The summed E-state index contributed by atoms with van der Waals surface area (Å²) in [6.45, 7) is 4.55. The van der Waals surface area contributed by atoms with Crippen LogP contribution in [0.1, 0.15) is 24.0 Å². The van der Waals surface area contributed by atoms with Gasteiger partial charge in [0.25, 0.3) is 5.91 Å². The van der Waals surface area contributed by atoms with Crippen LogP contribution >= 0.6 is 0 Å². The van der Waals surface area contributed by atoms with Crippen LogP contribution in [0.5, 0.6) is 0 Å². The van der Waals surface area contributed by atoms with E-state index in [2.05, 4.69) is 11.4 Å². The lowest BCUT2D eigenvalue weighted by atomic mass is 10.1. The van der Waals surface area contributed by atoms with Gasteiger partial charge in [0, 0.05) is 38.5 Å². The highest BCUT2D eigenvalue weighted by Gasteiger charge is 2.31. The monoisotopic (exact) mass is 342 g/mol. The first-order valence-corrected chi connectivity index (χ1v) is 8.55. The smallest absolute Gasteiger partial charge is 0.321 e. The number of amides is 3. The SMILES string of the molecule is Cc1ccc(C#N)cc1NC(=O)N1CCN(C(=O)C2CCCO2)CC1. The summed E-state index contributed by atoms with van der Waals surface area (Å²) in [5, 5.41) is 11.8. The summed E-state index contributed by atoms with van der Waals surface area (Å²) in [6.07, 6.45) is 1.41. The van der Waals surface area contributed by atoms with Gasteiger partial charge in [-0.1, -0.05) is 6.07 Å². The summed E-state index contributed by atoms with van der Waals surface area (Å²) < 4.78 is 5.45. The standard InChI is InChI=1S/C18H22N4O3/c1-13-4-5-14(12-19)11-15(13)20-18(24)22-8-6-21(7-9-22)17(23)16-3-2-10-25-16/h4-5,11,16H,2-3,6-10H2,1H3,(H,20,24). The van der Waals surface area contributed by atoms with Crippen LogP contribution in [-0.2, 0) is 9.53 Å². The molecule has 2 saturated heterocycles. The predicted molar refractivity (Wildman–Crippen MR) is 92.0 cm³/mol. The van der Waals surface area contributed by atoms with Crippen LogP contribution in [0.15, 0.2) is 18.2 Å². The molecular weight excluding hydrogens is 320 g/mol. The zero-order chi connectivity index (χ0) is 17.8. The molecule has 3 amide bonds. The first-order chi connectivity index (χ1) is 12.1. The van der Waals surface area contributed by atoms with Crippen LogP contribution in [0.2, 0.25) is 0 Å². The van der Waals surface area contributed by atoms with Crippen molar-refractivity contribution in [3.63, 3.8) is 0 Å². The molecule has 132 valence electrons. The molecule has 2 fully saturated rings. The summed E-state index contributed by atoms with van der Waals surface area (Å²) in [5.41, 5.74) is 2.05. The van der Waals surface area contributed by atoms with Gasteiger partial charge in [-0.3, -0.25) is 4.79 Å². The fraction of sp³-hybridized carbons (Fsp3) is 0.500. The minimum Gasteiger partial charge on any atom is -0.368 e. The number of urea groups is 1. The molecule has 3 rings (SSSR count). The van der Waals surface area contributed by atoms with E-state index in [1.807, 2.05) is 13.0 Å². The number of ether oxygens (including phenoxy) is 1. The third kappa shape index (κ3) is 3.91. The lowest BCUT2D eigenvalue weighted by molar-refractivity contribution is -0.142. The molecule has 2 heterocycles. The van der Waals surface area contributed by atoms with Crippen LogP contribution in [0, 0.1) is 18.3 Å². The van der Waals surface area contributed by atoms with Gasteiger partial charge in [-0.25, -0.2) is 4.79 Å². The number of anilines is 1. The zero-order valence-electron chi connectivity index (χ0n) is 14.3. The number of piperazine rings is 1. The lowest BCUT2D eigenvalue weighted by Crippen LogP contribution is -2.53. The average Bonchev–Trinajstić information content (AvgIpc) is 3.17. The molecule has 1 atom stereocenters. The Bertz CT molecular complexity index is 699. The molecular formula is C18H22N4O3. The zero-order valence-corrected chi connectivity index (χ0v) is 14.3. The molecule has 7 heteroatoms. The number of nitrogens with one attached hydrogen (secondary N) is 1. The molecule has 1 N–H and O–H groups in total. The number of carbonyl (C=O) groups excluding carboxylic acids is 2. The molecule has 1 aromatic rings. The van der Waals surface area contributed by atoms with Gasteiger partial charge in [0.2, 0.25) is 0 Å². The van der Waals surface area contributed by atoms with Crippen molar-refractivity contribution in [3.8, 4) is 6.07 Å². The Labute approximate surface area is 147 Å². The van der Waals surface area contributed by atoms with Crippen molar-refractivity contribution >= 4 is 17.6 Å². The summed E-state index contributed by atoms with van der Waals surface area (Å²) in [5.74, 6) is 0.0372. The quantitative estimate of drug-likeness (QED) is 0.887. The van der Waals surface area contributed by atoms with E-state index >= 15 is 0 Å². The summed E-state index contributed by atoms with van der Waals surface area (Å²) in [6, 6.07) is 7.07. The summed E-state index contributed by atoms with van der Waals surface area (Å²) in [4.78, 5) is 28.3. The molecule has 25 heavy (non-hydrogen) atoms. The third-order valence-corrected chi connectivity index (χ3v) is 4.69. The third-order valence-electron chi connectivity index (χ3n) is 4.69. The highest BCUT2D eigenvalue weighted by atomic mass is 16.5. The average molecular weight is 342 g/mol. The highest BCUT2D eigenvalue weighted by molar-refractivity contribution is 5.90. The topological polar surface area (TPSA) is 85.7 Å². The second-order valence-corrected chi connectivity index (χ2v) is 6.39. The molecule has 1 aromatic carbocycles. The van der Waals surface area contributed by atoms with E-state index in [1.165, 1.54) is 0 Å². The van der Waals surface area contributed by atoms with Crippen molar-refractivity contribution in [2.45, 2.75) is 25.9 Å². The maximum atomic E-state index is 12.5. The first-order valence-electron chi connectivity index (χ1n) is 8.55. The number of hydrogen-bond acceptors (Lipinski definition) is 4. The van der Waals surface area contributed by atoms with E-state index in [0.717, 1.165) is 18.4 Å². The Morgan fingerprint density at radius 3 is 2.60 bits per heavy atom. The van der Waals surface area contributed by atoms with Crippen molar-refractivity contribution in [1.29, 1.82) is 5.26 Å². The van der Waals surface area contributed by atoms with Crippen molar-refractivity contribution < 1.29 is 14.3 Å². The molecule has 0 bridgehead atoms. The molecule has 0 aliphatic carbocycles. The van der Waals surface area contributed by atoms with Crippen LogP contribution in [0.25, 0.3) is 0 Å². The maximum absolute atomic E-state index is 12.5. The summed E-state index contributed by atoms with van der Waals surface area (Å²) >= 11 is 0. The van der Waals surface area contributed by atoms with E-state index in [0.29, 0.717) is 44.0 Å². The number of carbonyl (C=O) groups is 2. The minimum atomic E-state index is -0.309. The van der Waals surface area contributed by atoms with Crippen LogP contribution in [-0.4, -0.2) is 60.6 Å². The number of aryl methyl sites for hydroxylation is 1. The van der Waals surface area contributed by atoms with Crippen molar-refractivity contribution in [1.82, 2.24) is 9.80 Å². The molecule has 2 aliphatic heterocycles. The number of rotatable bonds is 2.